The molecule has 0 bridgehead atoms. The second kappa shape index (κ2) is 9.47. The molecule has 0 fully saturated rings. The zero-order chi connectivity index (χ0) is 17.5. The van der Waals surface area contributed by atoms with E-state index in [0.29, 0.717) is 40.5 Å². The van der Waals surface area contributed by atoms with Crippen LogP contribution in [-0.2, 0) is 11.0 Å². The van der Waals surface area contributed by atoms with Crippen LogP contribution in [0, 0.1) is 10.1 Å². The standard InChI is InChI=1S/C12H13BrClN5O3S2/c13-10-5-16-12(14)18-11(10)15-2-1-3-17-24(22)9-4-8(19(20)21)6-23-7-9/h4-6,17H,1-3,7H2,(H,15,16,18). The molecule has 8 nitrogen and oxygen atoms in total. The van der Waals surface area contributed by atoms with E-state index < -0.39 is 15.9 Å². The number of allylic oxidation sites excluding steroid dienone is 1. The highest BCUT2D eigenvalue weighted by Gasteiger charge is 2.18. The Balaban J connectivity index is 1.74. The van der Waals surface area contributed by atoms with E-state index in [1.807, 2.05) is 0 Å². The minimum atomic E-state index is -1.44. The lowest BCUT2D eigenvalue weighted by Gasteiger charge is -2.11. The molecule has 2 rings (SSSR count). The number of aromatic nitrogens is 2. The monoisotopic (exact) mass is 453 g/mol. The first-order valence-electron chi connectivity index (χ1n) is 6.71. The molecule has 130 valence electrons. The summed E-state index contributed by atoms with van der Waals surface area (Å²) in [6.07, 6.45) is 3.59. The summed E-state index contributed by atoms with van der Waals surface area (Å²) in [5, 5.41) is 15.4. The number of rotatable bonds is 8. The molecule has 0 radical (unpaired) electrons. The summed E-state index contributed by atoms with van der Waals surface area (Å²) in [5.74, 6) is 1.06. The smallest absolute Gasteiger partial charge is 0.276 e. The summed E-state index contributed by atoms with van der Waals surface area (Å²) in [6, 6.07) is 0. The molecular formula is C12H13BrClN5O3S2. The van der Waals surface area contributed by atoms with Crippen LogP contribution in [0.5, 0.6) is 0 Å². The molecule has 1 unspecified atom stereocenters. The summed E-state index contributed by atoms with van der Waals surface area (Å²) >= 11 is 10.3. The van der Waals surface area contributed by atoms with Gasteiger partial charge in [-0.3, -0.25) is 10.1 Å². The van der Waals surface area contributed by atoms with Gasteiger partial charge in [-0.15, -0.1) is 11.8 Å². The third-order valence-corrected chi connectivity index (χ3v) is 5.82. The second-order valence-corrected chi connectivity index (χ2v) is 7.90. The van der Waals surface area contributed by atoms with E-state index in [-0.39, 0.29) is 11.0 Å². The Kier molecular flexibility index (Phi) is 7.62. The van der Waals surface area contributed by atoms with Crippen LogP contribution in [0.15, 0.2) is 32.8 Å². The van der Waals surface area contributed by atoms with E-state index in [4.69, 9.17) is 11.6 Å². The fraction of sp³-hybridized carbons (Fsp3) is 0.333. The van der Waals surface area contributed by atoms with Crippen molar-refractivity contribution < 1.29 is 9.13 Å². The molecule has 0 amide bonds. The molecule has 12 heteroatoms. The molecule has 2 N–H and O–H groups in total. The van der Waals surface area contributed by atoms with E-state index in [1.165, 1.54) is 23.2 Å². The molecule has 1 aliphatic heterocycles. The Morgan fingerprint density at radius 3 is 3.04 bits per heavy atom. The van der Waals surface area contributed by atoms with Gasteiger partial charge >= 0.3 is 0 Å². The highest BCUT2D eigenvalue weighted by atomic mass is 79.9. The zero-order valence-electron chi connectivity index (χ0n) is 12.2. The summed E-state index contributed by atoms with van der Waals surface area (Å²) in [6.45, 7) is 1.07. The first kappa shape index (κ1) is 19.3. The number of thioether (sulfide) groups is 1. The number of anilines is 1. The summed E-state index contributed by atoms with van der Waals surface area (Å²) in [5.41, 5.74) is -0.0384. The molecule has 0 saturated heterocycles. The van der Waals surface area contributed by atoms with Gasteiger partial charge in [0.1, 0.15) is 16.8 Å². The van der Waals surface area contributed by atoms with Crippen LogP contribution in [0.25, 0.3) is 0 Å². The highest BCUT2D eigenvalue weighted by molar-refractivity contribution is 9.10. The van der Waals surface area contributed by atoms with Gasteiger partial charge in [0, 0.05) is 41.4 Å². The Labute approximate surface area is 158 Å². The number of nitro groups is 1. The molecule has 2 heterocycles. The maximum Gasteiger partial charge on any atom is 0.276 e. The van der Waals surface area contributed by atoms with Crippen molar-refractivity contribution in [1.82, 2.24) is 14.7 Å². The zero-order valence-corrected chi connectivity index (χ0v) is 16.2. The molecule has 24 heavy (non-hydrogen) atoms. The molecular weight excluding hydrogens is 442 g/mol. The van der Waals surface area contributed by atoms with Crippen molar-refractivity contribution in [3.8, 4) is 0 Å². The summed E-state index contributed by atoms with van der Waals surface area (Å²) < 4.78 is 15.7. The van der Waals surface area contributed by atoms with Crippen LogP contribution in [0.4, 0.5) is 5.82 Å². The van der Waals surface area contributed by atoms with E-state index >= 15 is 0 Å². The average Bonchev–Trinajstić information content (AvgIpc) is 2.57. The fourth-order valence-corrected chi connectivity index (χ4v) is 4.17. The largest absolute Gasteiger partial charge is 0.369 e. The molecule has 1 atom stereocenters. The van der Waals surface area contributed by atoms with Gasteiger partial charge in [0.05, 0.1) is 9.40 Å². The van der Waals surface area contributed by atoms with Gasteiger partial charge in [-0.05, 0) is 34.0 Å². The van der Waals surface area contributed by atoms with E-state index in [2.05, 4.69) is 35.9 Å². The van der Waals surface area contributed by atoms with Crippen LogP contribution >= 0.6 is 39.3 Å². The van der Waals surface area contributed by atoms with Gasteiger partial charge in [0.25, 0.3) is 5.70 Å². The molecule has 1 aromatic rings. The summed E-state index contributed by atoms with van der Waals surface area (Å²) in [4.78, 5) is 18.6. The molecule has 0 aliphatic carbocycles. The number of halogens is 2. The normalized spacial score (nSPS) is 15.4. The topological polar surface area (TPSA) is 110 Å². The Morgan fingerprint density at radius 2 is 2.29 bits per heavy atom. The minimum absolute atomic E-state index is 0.0384. The van der Waals surface area contributed by atoms with E-state index in [1.54, 1.807) is 6.20 Å². The van der Waals surface area contributed by atoms with Crippen molar-refractivity contribution in [3.05, 3.63) is 48.2 Å². The van der Waals surface area contributed by atoms with Crippen LogP contribution in [0.1, 0.15) is 6.42 Å². The van der Waals surface area contributed by atoms with Crippen LogP contribution < -0.4 is 10.0 Å². The lowest BCUT2D eigenvalue weighted by Crippen LogP contribution is -2.23. The van der Waals surface area contributed by atoms with E-state index in [9.17, 15) is 14.3 Å². The fourth-order valence-electron chi connectivity index (χ4n) is 1.67. The molecule has 0 aromatic carbocycles. The predicted octanol–water partition coefficient (Wildman–Crippen LogP) is 2.70. The van der Waals surface area contributed by atoms with Crippen LogP contribution in [0.2, 0.25) is 5.28 Å². The number of hydrogen-bond acceptors (Lipinski definition) is 7. The van der Waals surface area contributed by atoms with Crippen molar-refractivity contribution in [2.24, 2.45) is 0 Å². The van der Waals surface area contributed by atoms with Gasteiger partial charge in [-0.2, -0.15) is 4.98 Å². The van der Waals surface area contributed by atoms with Crippen LogP contribution in [-0.4, -0.2) is 37.9 Å². The highest BCUT2D eigenvalue weighted by Crippen LogP contribution is 2.22. The Hall–Kier alpha value is -1.01. The Bertz CT molecular complexity index is 716. The van der Waals surface area contributed by atoms with Gasteiger partial charge in [-0.1, -0.05) is 0 Å². The first-order chi connectivity index (χ1) is 11.5. The third-order valence-electron chi connectivity index (χ3n) is 2.78. The Morgan fingerprint density at radius 1 is 1.50 bits per heavy atom. The van der Waals surface area contributed by atoms with Gasteiger partial charge < -0.3 is 5.32 Å². The second-order valence-electron chi connectivity index (χ2n) is 4.50. The molecule has 1 aromatic heterocycles. The lowest BCUT2D eigenvalue weighted by atomic mass is 10.4. The number of hydrogen-bond donors (Lipinski definition) is 2. The van der Waals surface area contributed by atoms with Gasteiger partial charge in [0.2, 0.25) is 5.28 Å². The van der Waals surface area contributed by atoms with Crippen molar-refractivity contribution in [2.45, 2.75) is 6.42 Å². The first-order valence-corrected chi connectivity index (χ1v) is 10.1. The SMILES string of the molecule is O=[N+]([O-])C1=CSCC(S(=O)NCCCNc2nc(Cl)ncc2Br)=C1. The van der Waals surface area contributed by atoms with Crippen molar-refractivity contribution in [3.63, 3.8) is 0 Å². The molecule has 1 aliphatic rings. The molecule has 0 saturated carbocycles. The van der Waals surface area contributed by atoms with Crippen molar-refractivity contribution >= 4 is 56.1 Å². The van der Waals surface area contributed by atoms with Crippen LogP contribution in [0.3, 0.4) is 0 Å². The van der Waals surface area contributed by atoms with Gasteiger partial charge in [-0.25, -0.2) is 13.9 Å². The summed E-state index contributed by atoms with van der Waals surface area (Å²) in [7, 11) is -1.44. The van der Waals surface area contributed by atoms with Gasteiger partial charge in [0.15, 0.2) is 0 Å². The average molecular weight is 455 g/mol. The molecule has 0 spiro atoms. The number of nitrogens with one attached hydrogen (secondary N) is 2. The van der Waals surface area contributed by atoms with Crippen molar-refractivity contribution in [2.75, 3.05) is 24.2 Å². The quantitative estimate of drug-likeness (QED) is 0.269. The maximum atomic E-state index is 12.1. The van der Waals surface area contributed by atoms with E-state index in [0.717, 1.165) is 0 Å². The minimum Gasteiger partial charge on any atom is -0.369 e. The third kappa shape index (κ3) is 5.81. The van der Waals surface area contributed by atoms with Crippen molar-refractivity contribution in [1.29, 1.82) is 0 Å². The predicted molar refractivity (Wildman–Crippen MR) is 99.6 cm³/mol. The number of nitrogens with zero attached hydrogens (tertiary/aromatic N) is 3. The lowest BCUT2D eigenvalue weighted by molar-refractivity contribution is -0.418. The maximum absolute atomic E-state index is 12.1.